The molecule has 0 atom stereocenters. The van der Waals surface area contributed by atoms with Gasteiger partial charge >= 0.3 is 5.97 Å². The third-order valence-corrected chi connectivity index (χ3v) is 3.39. The first-order valence-corrected chi connectivity index (χ1v) is 6.63. The summed E-state index contributed by atoms with van der Waals surface area (Å²) in [5.41, 5.74) is 8.35. The van der Waals surface area contributed by atoms with Gasteiger partial charge in [-0.15, -0.1) is 5.10 Å². The van der Waals surface area contributed by atoms with Gasteiger partial charge in [0.25, 0.3) is 0 Å². The monoisotopic (exact) mass is 297 g/mol. The Morgan fingerprint density at radius 3 is 2.73 bits per heavy atom. The van der Waals surface area contributed by atoms with E-state index in [1.54, 1.807) is 12.1 Å². The number of anilines is 2. The molecule has 0 radical (unpaired) electrons. The molecule has 2 aromatic heterocycles. The summed E-state index contributed by atoms with van der Waals surface area (Å²) in [6.07, 6.45) is 0. The van der Waals surface area contributed by atoms with E-state index in [0.717, 1.165) is 11.3 Å². The summed E-state index contributed by atoms with van der Waals surface area (Å²) in [5, 5.41) is 13.5. The largest absolute Gasteiger partial charge is 0.476 e. The van der Waals surface area contributed by atoms with Crippen LogP contribution in [0.25, 0.3) is 16.8 Å². The lowest BCUT2D eigenvalue weighted by molar-refractivity contribution is 0.0688. The van der Waals surface area contributed by atoms with Gasteiger partial charge in [0.2, 0.25) is 5.95 Å². The van der Waals surface area contributed by atoms with Crippen LogP contribution in [0.1, 0.15) is 10.5 Å². The number of nitrogens with two attached hydrogens (primary N) is 1. The van der Waals surface area contributed by atoms with Crippen molar-refractivity contribution >= 4 is 23.3 Å². The van der Waals surface area contributed by atoms with Crippen LogP contribution < -0.4 is 10.6 Å². The van der Waals surface area contributed by atoms with Crippen molar-refractivity contribution in [3.8, 4) is 11.1 Å². The first kappa shape index (κ1) is 13.9. The van der Waals surface area contributed by atoms with Gasteiger partial charge in [-0.1, -0.05) is 12.1 Å². The molecule has 0 aliphatic carbocycles. The topological polar surface area (TPSA) is 96.8 Å². The highest BCUT2D eigenvalue weighted by Crippen LogP contribution is 2.28. The van der Waals surface area contributed by atoms with Crippen LogP contribution in [0.3, 0.4) is 0 Å². The van der Waals surface area contributed by atoms with Gasteiger partial charge < -0.3 is 15.7 Å². The molecule has 0 aliphatic rings. The predicted octanol–water partition coefficient (Wildman–Crippen LogP) is 1.74. The van der Waals surface area contributed by atoms with Crippen LogP contribution >= 0.6 is 0 Å². The summed E-state index contributed by atoms with van der Waals surface area (Å²) >= 11 is 0. The molecule has 0 amide bonds. The molecule has 0 saturated heterocycles. The smallest absolute Gasteiger partial charge is 0.355 e. The Kier molecular flexibility index (Phi) is 3.17. The summed E-state index contributed by atoms with van der Waals surface area (Å²) in [4.78, 5) is 17.6. The molecule has 7 nitrogen and oxygen atoms in total. The van der Waals surface area contributed by atoms with E-state index in [2.05, 4.69) is 10.1 Å². The van der Waals surface area contributed by atoms with Gasteiger partial charge in [0, 0.05) is 25.3 Å². The summed E-state index contributed by atoms with van der Waals surface area (Å²) in [7, 11) is 3.86. The van der Waals surface area contributed by atoms with Crippen molar-refractivity contribution < 1.29 is 9.90 Å². The average molecular weight is 297 g/mol. The van der Waals surface area contributed by atoms with E-state index >= 15 is 0 Å². The van der Waals surface area contributed by atoms with E-state index < -0.39 is 5.97 Å². The van der Waals surface area contributed by atoms with Crippen LogP contribution in [-0.2, 0) is 0 Å². The second-order valence-corrected chi connectivity index (χ2v) is 5.09. The second kappa shape index (κ2) is 5.03. The Balaban J connectivity index is 2.28. The van der Waals surface area contributed by atoms with Gasteiger partial charge in [0.1, 0.15) is 0 Å². The third kappa shape index (κ3) is 2.22. The summed E-state index contributed by atoms with van der Waals surface area (Å²) in [6.45, 7) is 0. The second-order valence-electron chi connectivity index (χ2n) is 5.09. The van der Waals surface area contributed by atoms with E-state index in [1.165, 1.54) is 4.52 Å². The number of carboxylic acids is 1. The minimum atomic E-state index is -1.08. The molecule has 0 saturated carbocycles. The molecule has 0 unspecified atom stereocenters. The SMILES string of the molecule is CN(C)c1cccc(-c2ccc3nc(N)nn3c2C(=O)O)c1. The Bertz CT molecular complexity index is 869. The van der Waals surface area contributed by atoms with Crippen LogP contribution in [0, 0.1) is 0 Å². The normalized spacial score (nSPS) is 10.8. The average Bonchev–Trinajstić information content (AvgIpc) is 2.86. The Morgan fingerprint density at radius 1 is 1.27 bits per heavy atom. The fourth-order valence-electron chi connectivity index (χ4n) is 2.35. The third-order valence-electron chi connectivity index (χ3n) is 3.39. The lowest BCUT2D eigenvalue weighted by Gasteiger charge is -2.14. The zero-order valence-corrected chi connectivity index (χ0v) is 12.2. The van der Waals surface area contributed by atoms with Crippen LogP contribution in [0.4, 0.5) is 11.6 Å². The molecule has 22 heavy (non-hydrogen) atoms. The summed E-state index contributed by atoms with van der Waals surface area (Å²) in [5.74, 6) is -1.04. The van der Waals surface area contributed by atoms with E-state index in [1.807, 2.05) is 43.3 Å². The molecular formula is C15H15N5O2. The Labute approximate surface area is 126 Å². The molecule has 3 rings (SSSR count). The number of nitrogen functional groups attached to an aromatic ring is 1. The van der Waals surface area contributed by atoms with Crippen LogP contribution in [-0.4, -0.2) is 39.8 Å². The maximum Gasteiger partial charge on any atom is 0.355 e. The number of carbonyl (C=O) groups is 1. The zero-order valence-electron chi connectivity index (χ0n) is 12.2. The van der Waals surface area contributed by atoms with Crippen molar-refractivity contribution in [2.24, 2.45) is 0 Å². The minimum absolute atomic E-state index is 0.0395. The lowest BCUT2D eigenvalue weighted by atomic mass is 10.0. The zero-order chi connectivity index (χ0) is 15.9. The predicted molar refractivity (Wildman–Crippen MR) is 84.1 cm³/mol. The highest BCUT2D eigenvalue weighted by atomic mass is 16.4. The van der Waals surface area contributed by atoms with Crippen molar-refractivity contribution in [2.75, 3.05) is 24.7 Å². The number of fused-ring (bicyclic) bond motifs is 1. The minimum Gasteiger partial charge on any atom is -0.476 e. The number of aromatic nitrogens is 3. The number of aromatic carboxylic acids is 1. The molecule has 1 aromatic carbocycles. The van der Waals surface area contributed by atoms with E-state index in [9.17, 15) is 9.90 Å². The number of nitrogens with zero attached hydrogens (tertiary/aromatic N) is 4. The maximum atomic E-state index is 11.7. The number of hydrogen-bond acceptors (Lipinski definition) is 5. The summed E-state index contributed by atoms with van der Waals surface area (Å²) in [6, 6.07) is 11.1. The van der Waals surface area contributed by atoms with E-state index in [-0.39, 0.29) is 11.6 Å². The fourth-order valence-corrected chi connectivity index (χ4v) is 2.35. The number of hydrogen-bond donors (Lipinski definition) is 2. The molecular weight excluding hydrogens is 282 g/mol. The highest BCUT2D eigenvalue weighted by Gasteiger charge is 2.18. The Hall–Kier alpha value is -3.09. The Morgan fingerprint density at radius 2 is 2.05 bits per heavy atom. The number of pyridine rings is 1. The maximum absolute atomic E-state index is 11.7. The molecule has 112 valence electrons. The lowest BCUT2D eigenvalue weighted by Crippen LogP contribution is -2.10. The van der Waals surface area contributed by atoms with Gasteiger partial charge in [0.15, 0.2) is 11.3 Å². The van der Waals surface area contributed by atoms with Gasteiger partial charge in [0.05, 0.1) is 0 Å². The first-order chi connectivity index (χ1) is 10.5. The first-order valence-electron chi connectivity index (χ1n) is 6.63. The molecule has 7 heteroatoms. The van der Waals surface area contributed by atoms with Crippen molar-refractivity contribution in [1.29, 1.82) is 0 Å². The molecule has 0 spiro atoms. The van der Waals surface area contributed by atoms with Crippen LogP contribution in [0.15, 0.2) is 36.4 Å². The molecule has 0 aliphatic heterocycles. The number of benzene rings is 1. The highest BCUT2D eigenvalue weighted by molar-refractivity contribution is 5.95. The van der Waals surface area contributed by atoms with Crippen molar-refractivity contribution in [1.82, 2.24) is 14.6 Å². The van der Waals surface area contributed by atoms with Crippen LogP contribution in [0.2, 0.25) is 0 Å². The van der Waals surface area contributed by atoms with E-state index in [0.29, 0.717) is 11.2 Å². The quantitative estimate of drug-likeness (QED) is 0.764. The molecule has 3 aromatic rings. The molecule has 2 heterocycles. The van der Waals surface area contributed by atoms with Crippen molar-refractivity contribution in [2.45, 2.75) is 0 Å². The fraction of sp³-hybridized carbons (Fsp3) is 0.133. The van der Waals surface area contributed by atoms with Gasteiger partial charge in [-0.2, -0.15) is 4.98 Å². The van der Waals surface area contributed by atoms with Crippen LogP contribution in [0.5, 0.6) is 0 Å². The number of rotatable bonds is 3. The standard InChI is InChI=1S/C15H15N5O2/c1-19(2)10-5-3-4-9(8-10)11-6-7-12-17-15(16)18-20(12)13(11)14(21)22/h3-8H,1-2H3,(H2,16,18)(H,21,22). The van der Waals surface area contributed by atoms with E-state index in [4.69, 9.17) is 5.73 Å². The van der Waals surface area contributed by atoms with Crippen molar-refractivity contribution in [3.05, 3.63) is 42.1 Å². The molecule has 3 N–H and O–H groups in total. The molecule has 0 fully saturated rings. The van der Waals surface area contributed by atoms with Gasteiger partial charge in [-0.05, 0) is 29.8 Å². The van der Waals surface area contributed by atoms with Gasteiger partial charge in [-0.25, -0.2) is 9.31 Å². The van der Waals surface area contributed by atoms with Crippen molar-refractivity contribution in [3.63, 3.8) is 0 Å². The summed E-state index contributed by atoms with van der Waals surface area (Å²) < 4.78 is 1.26. The number of carboxylic acid groups (broad SMARTS) is 1. The van der Waals surface area contributed by atoms with Gasteiger partial charge in [-0.3, -0.25) is 0 Å². The molecule has 0 bridgehead atoms.